The van der Waals surface area contributed by atoms with Gasteiger partial charge in [-0.05, 0) is 36.4 Å². The third-order valence-electron chi connectivity index (χ3n) is 4.38. The third kappa shape index (κ3) is 4.56. The van der Waals surface area contributed by atoms with Gasteiger partial charge in [-0.1, -0.05) is 0 Å². The van der Waals surface area contributed by atoms with Crippen molar-refractivity contribution in [1.82, 2.24) is 4.90 Å². The van der Waals surface area contributed by atoms with Crippen LogP contribution in [0.2, 0.25) is 0 Å². The van der Waals surface area contributed by atoms with Gasteiger partial charge in [-0.3, -0.25) is 4.79 Å². The fourth-order valence-corrected chi connectivity index (χ4v) is 2.90. The van der Waals surface area contributed by atoms with Crippen LogP contribution in [-0.4, -0.2) is 30.0 Å². The minimum Gasteiger partial charge on any atom is -0.490 e. The molecule has 27 heavy (non-hydrogen) atoms. The molecule has 1 amide bonds. The summed E-state index contributed by atoms with van der Waals surface area (Å²) in [6, 6.07) is 7.36. The summed E-state index contributed by atoms with van der Waals surface area (Å²) in [6.45, 7) is 0.711. The third-order valence-corrected chi connectivity index (χ3v) is 4.38. The Kier molecular flexibility index (Phi) is 5.34. The molecule has 8 heteroatoms. The minimum atomic E-state index is -4.45. The minimum absolute atomic E-state index is 0.183. The van der Waals surface area contributed by atoms with Crippen molar-refractivity contribution >= 4 is 5.91 Å². The van der Waals surface area contributed by atoms with Crippen molar-refractivity contribution in [2.24, 2.45) is 0 Å². The number of nitrogens with zero attached hydrogens (tertiary/aromatic N) is 1. The lowest BCUT2D eigenvalue weighted by Gasteiger charge is -2.32. The van der Waals surface area contributed by atoms with Crippen molar-refractivity contribution in [2.45, 2.75) is 25.1 Å². The Labute approximate surface area is 152 Å². The van der Waals surface area contributed by atoms with Gasteiger partial charge in [0, 0.05) is 37.6 Å². The number of carbonyl (C=O) groups excluding carboxylic acids is 1. The highest BCUT2D eigenvalue weighted by Gasteiger charge is 2.31. The van der Waals surface area contributed by atoms with Gasteiger partial charge < -0.3 is 9.64 Å². The molecule has 1 aliphatic rings. The Morgan fingerprint density at radius 3 is 2.15 bits per heavy atom. The van der Waals surface area contributed by atoms with Gasteiger partial charge in [-0.15, -0.1) is 0 Å². The van der Waals surface area contributed by atoms with Crippen LogP contribution in [0.4, 0.5) is 22.0 Å². The van der Waals surface area contributed by atoms with E-state index in [9.17, 15) is 26.7 Å². The summed E-state index contributed by atoms with van der Waals surface area (Å²) in [7, 11) is 0. The lowest BCUT2D eigenvalue weighted by Crippen LogP contribution is -2.41. The maximum absolute atomic E-state index is 13.2. The first kappa shape index (κ1) is 19.1. The Bertz CT molecular complexity index is 812. The summed E-state index contributed by atoms with van der Waals surface area (Å²) in [5, 5.41) is 0. The molecule has 0 bridgehead atoms. The van der Waals surface area contributed by atoms with Crippen LogP contribution in [0.1, 0.15) is 28.8 Å². The van der Waals surface area contributed by atoms with Crippen LogP contribution in [0.3, 0.4) is 0 Å². The monoisotopic (exact) mass is 385 g/mol. The fraction of sp³-hybridized carbons (Fsp3) is 0.316. The maximum Gasteiger partial charge on any atom is 0.416 e. The van der Waals surface area contributed by atoms with Crippen LogP contribution in [0.25, 0.3) is 0 Å². The smallest absolute Gasteiger partial charge is 0.416 e. The molecule has 144 valence electrons. The van der Waals surface area contributed by atoms with Crippen LogP contribution >= 0.6 is 0 Å². The Morgan fingerprint density at radius 1 is 0.963 bits per heavy atom. The average molecular weight is 385 g/mol. The number of rotatable bonds is 3. The van der Waals surface area contributed by atoms with E-state index in [2.05, 4.69) is 0 Å². The van der Waals surface area contributed by atoms with Gasteiger partial charge in [0.25, 0.3) is 5.91 Å². The summed E-state index contributed by atoms with van der Waals surface area (Å²) in [5.41, 5.74) is -0.624. The van der Waals surface area contributed by atoms with Gasteiger partial charge in [0.05, 0.1) is 5.56 Å². The summed E-state index contributed by atoms with van der Waals surface area (Å²) >= 11 is 0. The van der Waals surface area contributed by atoms with E-state index >= 15 is 0 Å². The molecule has 0 atom stereocenters. The van der Waals surface area contributed by atoms with Gasteiger partial charge >= 0.3 is 6.18 Å². The van der Waals surface area contributed by atoms with Gasteiger partial charge in [0.15, 0.2) is 11.6 Å². The number of likely N-dealkylation sites (tertiary alicyclic amines) is 1. The maximum atomic E-state index is 13.2. The first-order valence-electron chi connectivity index (χ1n) is 8.32. The van der Waals surface area contributed by atoms with Crippen molar-refractivity contribution in [3.63, 3.8) is 0 Å². The molecule has 1 heterocycles. The fourth-order valence-electron chi connectivity index (χ4n) is 2.90. The highest BCUT2D eigenvalue weighted by atomic mass is 19.4. The number of alkyl halides is 3. The zero-order valence-electron chi connectivity index (χ0n) is 14.1. The number of benzene rings is 2. The van der Waals surface area contributed by atoms with Crippen LogP contribution in [-0.2, 0) is 6.18 Å². The standard InChI is InChI=1S/C19H16F5NO2/c20-16-6-5-15(11-17(16)21)27-14-7-9-25(10-8-14)18(26)12-1-3-13(4-2-12)19(22,23)24/h1-6,11,14H,7-10H2. The quantitative estimate of drug-likeness (QED) is 0.719. The van der Waals surface area contributed by atoms with E-state index in [1.54, 1.807) is 0 Å². The number of hydrogen-bond donors (Lipinski definition) is 0. The number of hydrogen-bond acceptors (Lipinski definition) is 2. The van der Waals surface area contributed by atoms with E-state index in [4.69, 9.17) is 4.74 Å². The molecule has 3 nitrogen and oxygen atoms in total. The lowest BCUT2D eigenvalue weighted by atomic mass is 10.1. The van der Waals surface area contributed by atoms with E-state index in [0.29, 0.717) is 25.9 Å². The molecule has 0 N–H and O–H groups in total. The highest BCUT2D eigenvalue weighted by Crippen LogP contribution is 2.29. The molecule has 2 aromatic rings. The zero-order chi connectivity index (χ0) is 19.6. The molecule has 0 unspecified atom stereocenters. The SMILES string of the molecule is O=C(c1ccc(C(F)(F)F)cc1)N1CCC(Oc2ccc(F)c(F)c2)CC1. The van der Waals surface area contributed by atoms with E-state index < -0.39 is 23.4 Å². The van der Waals surface area contributed by atoms with Crippen molar-refractivity contribution in [1.29, 1.82) is 0 Å². The largest absolute Gasteiger partial charge is 0.490 e. The van der Waals surface area contributed by atoms with Gasteiger partial charge in [-0.2, -0.15) is 13.2 Å². The molecule has 0 aromatic heterocycles. The van der Waals surface area contributed by atoms with Gasteiger partial charge in [-0.25, -0.2) is 8.78 Å². The second-order valence-electron chi connectivity index (χ2n) is 6.26. The van der Waals surface area contributed by atoms with Crippen LogP contribution < -0.4 is 4.74 Å². The number of amides is 1. The molecule has 2 aromatic carbocycles. The second kappa shape index (κ2) is 7.54. The molecular formula is C19H16F5NO2. The zero-order valence-corrected chi connectivity index (χ0v) is 14.1. The second-order valence-corrected chi connectivity index (χ2v) is 6.26. The molecule has 3 rings (SSSR count). The number of carbonyl (C=O) groups is 1. The van der Waals surface area contributed by atoms with Crippen molar-refractivity contribution < 1.29 is 31.5 Å². The predicted octanol–water partition coefficient (Wildman–Crippen LogP) is 4.67. The Hall–Kier alpha value is -2.64. The number of ether oxygens (including phenoxy) is 1. The summed E-state index contributed by atoms with van der Waals surface area (Å²) in [5.74, 6) is -2.10. The van der Waals surface area contributed by atoms with Gasteiger partial charge in [0.2, 0.25) is 0 Å². The normalized spacial score (nSPS) is 15.7. The van der Waals surface area contributed by atoms with Crippen LogP contribution in [0, 0.1) is 11.6 Å². The number of piperidine rings is 1. The molecule has 1 aliphatic heterocycles. The summed E-state index contributed by atoms with van der Waals surface area (Å²) in [6.07, 6.45) is -3.75. The molecule has 0 aliphatic carbocycles. The highest BCUT2D eigenvalue weighted by molar-refractivity contribution is 5.94. The predicted molar refractivity (Wildman–Crippen MR) is 87.4 cm³/mol. The molecular weight excluding hydrogens is 369 g/mol. The Balaban J connectivity index is 1.56. The van der Waals surface area contributed by atoms with Crippen LogP contribution in [0.5, 0.6) is 5.75 Å². The van der Waals surface area contributed by atoms with Crippen molar-refractivity contribution in [3.05, 3.63) is 65.2 Å². The number of halogens is 5. The van der Waals surface area contributed by atoms with E-state index in [-0.39, 0.29) is 23.3 Å². The Morgan fingerprint density at radius 2 is 1.59 bits per heavy atom. The van der Waals surface area contributed by atoms with E-state index in [1.165, 1.54) is 11.0 Å². The first-order valence-corrected chi connectivity index (χ1v) is 8.32. The van der Waals surface area contributed by atoms with Crippen LogP contribution in [0.15, 0.2) is 42.5 Å². The molecule has 0 spiro atoms. The molecule has 0 radical (unpaired) electrons. The summed E-state index contributed by atoms with van der Waals surface area (Å²) < 4.78 is 69.5. The topological polar surface area (TPSA) is 29.5 Å². The van der Waals surface area contributed by atoms with Crippen molar-refractivity contribution in [2.75, 3.05) is 13.1 Å². The van der Waals surface area contributed by atoms with Crippen molar-refractivity contribution in [3.8, 4) is 5.75 Å². The molecule has 1 fully saturated rings. The average Bonchev–Trinajstić information content (AvgIpc) is 2.64. The van der Waals surface area contributed by atoms with E-state index in [1.807, 2.05) is 0 Å². The van der Waals surface area contributed by atoms with Gasteiger partial charge in [0.1, 0.15) is 11.9 Å². The summed E-state index contributed by atoms with van der Waals surface area (Å²) in [4.78, 5) is 14.0. The molecule has 1 saturated heterocycles. The molecule has 0 saturated carbocycles. The van der Waals surface area contributed by atoms with E-state index in [0.717, 1.165) is 36.4 Å². The lowest BCUT2D eigenvalue weighted by molar-refractivity contribution is -0.137. The first-order chi connectivity index (χ1) is 12.7.